The monoisotopic (exact) mass is 536 g/mol. The number of amides is 1. The van der Waals surface area contributed by atoms with Crippen molar-refractivity contribution in [1.82, 2.24) is 0 Å². The number of carbonyl (C=O) groups excluding carboxylic acids is 2. The van der Waals surface area contributed by atoms with Gasteiger partial charge in [-0.2, -0.15) is 13.2 Å². The number of nitrogens with one attached hydrogen (secondary N) is 1. The summed E-state index contributed by atoms with van der Waals surface area (Å²) in [5, 5.41) is 12.8. The second kappa shape index (κ2) is 9.78. The number of benzene rings is 2. The van der Waals surface area contributed by atoms with Gasteiger partial charge in [0.05, 0.1) is 10.5 Å². The van der Waals surface area contributed by atoms with Gasteiger partial charge < -0.3 is 19.5 Å². The summed E-state index contributed by atoms with van der Waals surface area (Å²) < 4.78 is 126. The highest BCUT2D eigenvalue weighted by atomic mass is 19.4. The molecule has 0 aliphatic rings. The van der Waals surface area contributed by atoms with Crippen LogP contribution in [0, 0.1) is 10.1 Å². The van der Waals surface area contributed by atoms with Crippen molar-refractivity contribution in [3.63, 3.8) is 0 Å². The number of halogens is 9. The highest BCUT2D eigenvalue weighted by Gasteiger charge is 2.40. The molecular formula is C18H9F9N2O7. The van der Waals surface area contributed by atoms with Crippen LogP contribution >= 0.6 is 0 Å². The lowest BCUT2D eigenvalue weighted by molar-refractivity contribution is -0.388. The van der Waals surface area contributed by atoms with E-state index in [4.69, 9.17) is 0 Å². The summed E-state index contributed by atoms with van der Waals surface area (Å²) in [5.41, 5.74) is -5.55. The minimum Gasteiger partial charge on any atom is -0.426 e. The zero-order chi connectivity index (χ0) is 27.6. The van der Waals surface area contributed by atoms with E-state index in [0.29, 0.717) is 19.1 Å². The lowest BCUT2D eigenvalue weighted by atomic mass is 10.1. The lowest BCUT2D eigenvalue weighted by Crippen LogP contribution is -2.20. The number of hydrogen-bond acceptors (Lipinski definition) is 7. The number of hydrogen-bond donors (Lipinski definition) is 1. The summed E-state index contributed by atoms with van der Waals surface area (Å²) in [5.74, 6) is -6.65. The summed E-state index contributed by atoms with van der Waals surface area (Å²) in [4.78, 5) is 33.5. The number of ether oxygens (including phenoxy) is 3. The van der Waals surface area contributed by atoms with Gasteiger partial charge >= 0.3 is 24.9 Å². The van der Waals surface area contributed by atoms with Crippen molar-refractivity contribution in [2.75, 3.05) is 5.32 Å². The van der Waals surface area contributed by atoms with Crippen LogP contribution in [-0.2, 0) is 11.0 Å². The summed E-state index contributed by atoms with van der Waals surface area (Å²) in [6.45, 7) is 0.703. The van der Waals surface area contributed by atoms with Crippen molar-refractivity contribution in [2.45, 2.75) is 25.8 Å². The third-order valence-corrected chi connectivity index (χ3v) is 3.70. The maximum Gasteiger partial charge on any atom is 0.573 e. The predicted molar refractivity (Wildman–Crippen MR) is 97.2 cm³/mol. The second-order valence-electron chi connectivity index (χ2n) is 6.46. The maximum atomic E-state index is 13.2. The molecule has 0 spiro atoms. The zero-order valence-corrected chi connectivity index (χ0v) is 17.1. The first-order chi connectivity index (χ1) is 16.2. The maximum absolute atomic E-state index is 13.2. The summed E-state index contributed by atoms with van der Waals surface area (Å²) in [6, 6.07) is 0.886. The molecule has 2 rings (SSSR count). The first-order valence-corrected chi connectivity index (χ1v) is 8.81. The number of esters is 1. The summed E-state index contributed by atoms with van der Waals surface area (Å²) in [6.07, 6.45) is -16.1. The van der Waals surface area contributed by atoms with Crippen molar-refractivity contribution in [2.24, 2.45) is 0 Å². The van der Waals surface area contributed by atoms with E-state index in [1.807, 2.05) is 0 Å². The van der Waals surface area contributed by atoms with Crippen LogP contribution in [0.4, 0.5) is 50.9 Å². The smallest absolute Gasteiger partial charge is 0.426 e. The highest BCUT2D eigenvalue weighted by molar-refractivity contribution is 6.07. The molecule has 1 amide bonds. The Labute approximate surface area is 192 Å². The Morgan fingerprint density at radius 1 is 0.861 bits per heavy atom. The van der Waals surface area contributed by atoms with Crippen LogP contribution in [0.2, 0.25) is 0 Å². The molecule has 9 nitrogen and oxygen atoms in total. The number of nitro groups is 1. The van der Waals surface area contributed by atoms with Crippen molar-refractivity contribution >= 4 is 23.3 Å². The van der Waals surface area contributed by atoms with E-state index < -0.39 is 75.5 Å². The van der Waals surface area contributed by atoms with Gasteiger partial charge in [-0.1, -0.05) is 0 Å². The van der Waals surface area contributed by atoms with Gasteiger partial charge in [0.25, 0.3) is 11.6 Å². The third kappa shape index (κ3) is 7.91. The topological polar surface area (TPSA) is 117 Å². The zero-order valence-electron chi connectivity index (χ0n) is 17.1. The van der Waals surface area contributed by atoms with Crippen molar-refractivity contribution < 1.29 is 68.2 Å². The van der Waals surface area contributed by atoms with Crippen LogP contribution in [-0.4, -0.2) is 29.5 Å². The van der Waals surface area contributed by atoms with Crippen LogP contribution < -0.4 is 19.5 Å². The largest absolute Gasteiger partial charge is 0.573 e. The highest BCUT2D eigenvalue weighted by Crippen LogP contribution is 2.40. The molecule has 0 aliphatic carbocycles. The minimum absolute atomic E-state index is 0.0458. The van der Waals surface area contributed by atoms with Gasteiger partial charge in [0.15, 0.2) is 0 Å². The Balaban J connectivity index is 2.60. The lowest BCUT2D eigenvalue weighted by Gasteiger charge is -2.16. The first kappa shape index (κ1) is 28.0. The molecule has 0 saturated heterocycles. The number of nitro benzene ring substituents is 1. The van der Waals surface area contributed by atoms with E-state index in [2.05, 4.69) is 14.2 Å². The van der Waals surface area contributed by atoms with Crippen molar-refractivity contribution in [3.8, 4) is 17.2 Å². The fourth-order valence-corrected chi connectivity index (χ4v) is 2.59. The molecule has 0 bridgehead atoms. The molecule has 0 aliphatic heterocycles. The molecule has 2 aromatic rings. The second-order valence-corrected chi connectivity index (χ2v) is 6.46. The Bertz CT molecular complexity index is 1160. The van der Waals surface area contributed by atoms with E-state index in [1.54, 1.807) is 5.32 Å². The third-order valence-electron chi connectivity index (χ3n) is 3.70. The van der Waals surface area contributed by atoms with E-state index in [-0.39, 0.29) is 18.2 Å². The molecule has 0 unspecified atom stereocenters. The molecule has 1 N–H and O–H groups in total. The molecule has 18 heteroatoms. The fourth-order valence-electron chi connectivity index (χ4n) is 2.59. The van der Waals surface area contributed by atoms with Crippen molar-refractivity contribution in [3.05, 3.63) is 51.6 Å². The average Bonchev–Trinajstić information content (AvgIpc) is 2.63. The van der Waals surface area contributed by atoms with Crippen LogP contribution in [0.15, 0.2) is 30.3 Å². The molecule has 36 heavy (non-hydrogen) atoms. The molecule has 196 valence electrons. The minimum atomic E-state index is -5.39. The number of alkyl halides is 9. The average molecular weight is 536 g/mol. The van der Waals surface area contributed by atoms with E-state index in [1.165, 1.54) is 0 Å². The standard InChI is InChI=1S/C18H9F9N2O7/c1-7(30)34-14-6-12(16(19,20)21)13(29(32)33)5-11(14)15(31)28-8-2-9(35-17(22,23)24)4-10(3-8)36-18(25,26)27/h2-6H,1H3,(H,28,31). The molecule has 0 saturated carbocycles. The Morgan fingerprint density at radius 2 is 1.36 bits per heavy atom. The number of carbonyl (C=O) groups is 2. The van der Waals surface area contributed by atoms with Gasteiger partial charge in [-0.25, -0.2) is 0 Å². The molecular weight excluding hydrogens is 527 g/mol. The molecule has 0 aromatic heterocycles. The van der Waals surface area contributed by atoms with Gasteiger partial charge in [0.1, 0.15) is 22.8 Å². The first-order valence-electron chi connectivity index (χ1n) is 8.81. The Morgan fingerprint density at radius 3 is 1.75 bits per heavy atom. The normalized spacial score (nSPS) is 12.1. The van der Waals surface area contributed by atoms with Gasteiger partial charge in [0, 0.05) is 42.9 Å². The van der Waals surface area contributed by atoms with Gasteiger partial charge in [-0.05, 0) is 0 Å². The van der Waals surface area contributed by atoms with Crippen LogP contribution in [0.3, 0.4) is 0 Å². The number of nitrogens with zero attached hydrogens (tertiary/aromatic N) is 1. The van der Waals surface area contributed by atoms with Crippen LogP contribution in [0.25, 0.3) is 0 Å². The predicted octanol–water partition coefficient (Wildman–Crippen LogP) is 5.59. The van der Waals surface area contributed by atoms with Crippen LogP contribution in [0.5, 0.6) is 17.2 Å². The van der Waals surface area contributed by atoms with Gasteiger partial charge in [-0.15, -0.1) is 26.3 Å². The Hall–Kier alpha value is -4.25. The summed E-state index contributed by atoms with van der Waals surface area (Å²) in [7, 11) is 0. The molecule has 0 fully saturated rings. The molecule has 0 atom stereocenters. The fraction of sp³-hybridized carbons (Fsp3) is 0.222. The quantitative estimate of drug-likeness (QED) is 0.168. The molecule has 0 radical (unpaired) electrons. The van der Waals surface area contributed by atoms with Crippen molar-refractivity contribution in [1.29, 1.82) is 0 Å². The SMILES string of the molecule is CC(=O)Oc1cc(C(F)(F)F)c([N+](=O)[O-])cc1C(=O)Nc1cc(OC(F)(F)F)cc(OC(F)(F)F)c1. The number of rotatable bonds is 6. The van der Waals surface area contributed by atoms with E-state index in [9.17, 15) is 59.2 Å². The van der Waals surface area contributed by atoms with Gasteiger partial charge in [-0.3, -0.25) is 19.7 Å². The number of anilines is 1. The van der Waals surface area contributed by atoms with E-state index >= 15 is 0 Å². The summed E-state index contributed by atoms with van der Waals surface area (Å²) >= 11 is 0. The Kier molecular flexibility index (Phi) is 7.60. The molecule has 2 aromatic carbocycles. The molecule has 0 heterocycles. The van der Waals surface area contributed by atoms with E-state index in [0.717, 1.165) is 0 Å². The van der Waals surface area contributed by atoms with Crippen LogP contribution in [0.1, 0.15) is 22.8 Å². The van der Waals surface area contributed by atoms with Gasteiger partial charge in [0.2, 0.25) is 0 Å².